The average Bonchev–Trinajstić information content (AvgIpc) is 2.29. The topological polar surface area (TPSA) is 52.3 Å². The van der Waals surface area contributed by atoms with Gasteiger partial charge in [-0.25, -0.2) is 0 Å². The second-order valence-corrected chi connectivity index (χ2v) is 5.68. The summed E-state index contributed by atoms with van der Waals surface area (Å²) in [5.74, 6) is -0.305. The number of esters is 1. The Morgan fingerprint density at radius 2 is 1.94 bits per heavy atom. The van der Waals surface area contributed by atoms with Gasteiger partial charge in [-0.15, -0.1) is 0 Å². The fraction of sp³-hybridized carbons (Fsp3) is 0.667. The molecule has 3 nitrogen and oxygen atoms in total. The van der Waals surface area contributed by atoms with Gasteiger partial charge in [0.15, 0.2) is 0 Å². The lowest BCUT2D eigenvalue weighted by Crippen LogP contribution is -2.34. The molecule has 0 radical (unpaired) electrons. The van der Waals surface area contributed by atoms with Crippen LogP contribution in [0.4, 0.5) is 0 Å². The van der Waals surface area contributed by atoms with Crippen LogP contribution in [0.25, 0.3) is 0 Å². The number of rotatable bonds is 6. The second kappa shape index (κ2) is 8.09. The first-order valence-corrected chi connectivity index (χ1v) is 6.50. The molecule has 0 aromatic carbocycles. The van der Waals surface area contributed by atoms with E-state index in [1.54, 1.807) is 0 Å². The van der Waals surface area contributed by atoms with E-state index in [1.165, 1.54) is 5.57 Å². The van der Waals surface area contributed by atoms with Gasteiger partial charge in [-0.3, -0.25) is 4.79 Å². The van der Waals surface area contributed by atoms with Crippen molar-refractivity contribution in [3.8, 4) is 0 Å². The van der Waals surface area contributed by atoms with E-state index < -0.39 is 6.04 Å². The maximum atomic E-state index is 11.7. The summed E-state index contributed by atoms with van der Waals surface area (Å²) in [5, 5.41) is 0. The highest BCUT2D eigenvalue weighted by Crippen LogP contribution is 2.14. The zero-order valence-corrected chi connectivity index (χ0v) is 12.3. The third-order valence-electron chi connectivity index (χ3n) is 2.45. The summed E-state index contributed by atoms with van der Waals surface area (Å²) in [6, 6.07) is -0.535. The first-order chi connectivity index (χ1) is 8.30. The molecule has 0 bridgehead atoms. The molecule has 0 aromatic rings. The molecular weight excluding hydrogens is 226 g/mol. The molecule has 0 heterocycles. The number of carbonyl (C=O) groups excluding carboxylic acids is 1. The van der Waals surface area contributed by atoms with Crippen molar-refractivity contribution in [3.05, 3.63) is 23.8 Å². The highest BCUT2D eigenvalue weighted by Gasteiger charge is 2.18. The van der Waals surface area contributed by atoms with Crippen molar-refractivity contribution in [1.82, 2.24) is 0 Å². The average molecular weight is 253 g/mol. The van der Waals surface area contributed by atoms with Gasteiger partial charge in [-0.05, 0) is 32.1 Å². The molecule has 0 fully saturated rings. The number of allylic oxidation sites excluding steroid dienone is 4. The predicted octanol–water partition coefficient (Wildman–Crippen LogP) is 3.21. The molecule has 0 spiro atoms. The van der Waals surface area contributed by atoms with Gasteiger partial charge in [-0.2, -0.15) is 0 Å². The molecule has 1 unspecified atom stereocenters. The van der Waals surface area contributed by atoms with Gasteiger partial charge in [0.2, 0.25) is 0 Å². The van der Waals surface area contributed by atoms with Crippen LogP contribution in [0.2, 0.25) is 0 Å². The molecule has 0 amide bonds. The van der Waals surface area contributed by atoms with Gasteiger partial charge in [0.25, 0.3) is 0 Å². The predicted molar refractivity (Wildman–Crippen MR) is 76.2 cm³/mol. The largest absolute Gasteiger partial charge is 0.464 e. The van der Waals surface area contributed by atoms with Crippen molar-refractivity contribution in [2.24, 2.45) is 11.1 Å². The van der Waals surface area contributed by atoms with Crippen LogP contribution in [-0.2, 0) is 9.53 Å². The summed E-state index contributed by atoms with van der Waals surface area (Å²) in [4.78, 5) is 11.7. The van der Waals surface area contributed by atoms with E-state index >= 15 is 0 Å². The molecule has 18 heavy (non-hydrogen) atoms. The first-order valence-electron chi connectivity index (χ1n) is 6.50. The van der Waals surface area contributed by atoms with Crippen LogP contribution in [0.1, 0.15) is 47.5 Å². The maximum absolute atomic E-state index is 11.7. The number of nitrogens with two attached hydrogens (primary N) is 1. The molecule has 0 aliphatic heterocycles. The van der Waals surface area contributed by atoms with Crippen LogP contribution in [-0.4, -0.2) is 18.6 Å². The van der Waals surface area contributed by atoms with Crippen LogP contribution in [0.15, 0.2) is 23.8 Å². The smallest absolute Gasteiger partial charge is 0.322 e. The maximum Gasteiger partial charge on any atom is 0.322 e. The Morgan fingerprint density at radius 3 is 2.39 bits per heavy atom. The zero-order valence-electron chi connectivity index (χ0n) is 12.3. The van der Waals surface area contributed by atoms with Crippen molar-refractivity contribution in [2.45, 2.75) is 53.5 Å². The van der Waals surface area contributed by atoms with Crippen LogP contribution < -0.4 is 5.73 Å². The lowest BCUT2D eigenvalue weighted by Gasteiger charge is -2.19. The van der Waals surface area contributed by atoms with Crippen molar-refractivity contribution >= 4 is 5.97 Å². The summed E-state index contributed by atoms with van der Waals surface area (Å²) >= 11 is 0. The second-order valence-electron chi connectivity index (χ2n) is 5.68. The Labute approximate surface area is 111 Å². The van der Waals surface area contributed by atoms with Crippen molar-refractivity contribution in [1.29, 1.82) is 0 Å². The van der Waals surface area contributed by atoms with Gasteiger partial charge < -0.3 is 10.5 Å². The number of carbonyl (C=O) groups is 1. The standard InChI is InChI=1S/C15H27NO2/c1-6-8-12(7-2)9-10-13(16)14(17)18-11-15(3,4)5/h6-8,13H,9-11,16H2,1-5H3. The Morgan fingerprint density at radius 1 is 1.33 bits per heavy atom. The van der Waals surface area contributed by atoms with Crippen molar-refractivity contribution in [3.63, 3.8) is 0 Å². The molecule has 0 aliphatic rings. The molecule has 1 atom stereocenters. The molecule has 2 N–H and O–H groups in total. The fourth-order valence-corrected chi connectivity index (χ4v) is 1.37. The Kier molecular flexibility index (Phi) is 7.60. The monoisotopic (exact) mass is 253 g/mol. The van der Waals surface area contributed by atoms with Crippen molar-refractivity contribution < 1.29 is 9.53 Å². The Bertz CT molecular complexity index is 311. The Hall–Kier alpha value is -1.09. The SMILES string of the molecule is CC=CC(=CC)CCC(N)C(=O)OCC(C)(C)C. The third kappa shape index (κ3) is 8.07. The lowest BCUT2D eigenvalue weighted by molar-refractivity contribution is -0.148. The molecule has 104 valence electrons. The highest BCUT2D eigenvalue weighted by molar-refractivity contribution is 5.75. The van der Waals surface area contributed by atoms with E-state index in [0.717, 1.165) is 6.42 Å². The lowest BCUT2D eigenvalue weighted by atomic mass is 9.98. The zero-order chi connectivity index (χ0) is 14.2. The van der Waals surface area contributed by atoms with Crippen molar-refractivity contribution in [2.75, 3.05) is 6.61 Å². The third-order valence-corrected chi connectivity index (χ3v) is 2.45. The molecule has 3 heteroatoms. The number of hydrogen-bond donors (Lipinski definition) is 1. The minimum atomic E-state index is -0.535. The van der Waals surface area contributed by atoms with Gasteiger partial charge >= 0.3 is 5.97 Å². The van der Waals surface area contributed by atoms with E-state index in [4.69, 9.17) is 10.5 Å². The van der Waals surface area contributed by atoms with E-state index in [0.29, 0.717) is 13.0 Å². The summed E-state index contributed by atoms with van der Waals surface area (Å²) < 4.78 is 5.19. The summed E-state index contributed by atoms with van der Waals surface area (Å²) in [5.41, 5.74) is 6.99. The molecule has 0 aromatic heterocycles. The minimum absolute atomic E-state index is 0.0190. The van der Waals surface area contributed by atoms with Gasteiger partial charge in [0, 0.05) is 0 Å². The first kappa shape index (κ1) is 16.9. The molecule has 0 rings (SSSR count). The quantitative estimate of drug-likeness (QED) is 0.584. The Balaban J connectivity index is 4.09. The van der Waals surface area contributed by atoms with E-state index in [-0.39, 0.29) is 11.4 Å². The van der Waals surface area contributed by atoms with Crippen LogP contribution >= 0.6 is 0 Å². The van der Waals surface area contributed by atoms with E-state index in [9.17, 15) is 4.79 Å². The van der Waals surface area contributed by atoms with Crippen LogP contribution in [0.3, 0.4) is 0 Å². The summed E-state index contributed by atoms with van der Waals surface area (Å²) in [7, 11) is 0. The van der Waals surface area contributed by atoms with E-state index in [2.05, 4.69) is 0 Å². The normalized spacial score (nSPS) is 14.9. The fourth-order valence-electron chi connectivity index (χ4n) is 1.37. The van der Waals surface area contributed by atoms with Gasteiger partial charge in [0.1, 0.15) is 6.04 Å². The van der Waals surface area contributed by atoms with Gasteiger partial charge in [0.05, 0.1) is 6.61 Å². The summed E-state index contributed by atoms with van der Waals surface area (Å²) in [6.45, 7) is 10.4. The number of ether oxygens (including phenoxy) is 1. The molecule has 0 saturated carbocycles. The van der Waals surface area contributed by atoms with Gasteiger partial charge in [-0.1, -0.05) is 44.6 Å². The molecule has 0 saturated heterocycles. The van der Waals surface area contributed by atoms with Crippen LogP contribution in [0.5, 0.6) is 0 Å². The molecule has 0 aliphatic carbocycles. The number of hydrogen-bond acceptors (Lipinski definition) is 3. The van der Waals surface area contributed by atoms with Crippen LogP contribution in [0, 0.1) is 5.41 Å². The summed E-state index contributed by atoms with van der Waals surface area (Å²) in [6.07, 6.45) is 7.47. The minimum Gasteiger partial charge on any atom is -0.464 e. The van der Waals surface area contributed by atoms with E-state index in [1.807, 2.05) is 52.8 Å². The molecular formula is C15H27NO2. The highest BCUT2D eigenvalue weighted by atomic mass is 16.5.